The molecule has 0 aliphatic heterocycles. The van der Waals surface area contributed by atoms with E-state index in [0.29, 0.717) is 13.2 Å². The van der Waals surface area contributed by atoms with Crippen LogP contribution in [-0.4, -0.2) is 33.4 Å². The van der Waals surface area contributed by atoms with Crippen molar-refractivity contribution in [1.29, 1.82) is 0 Å². The van der Waals surface area contributed by atoms with E-state index >= 15 is 0 Å². The molecule has 1 saturated carbocycles. The second-order valence-corrected chi connectivity index (χ2v) is 13.2. The van der Waals surface area contributed by atoms with Gasteiger partial charge < -0.3 is 9.47 Å². The van der Waals surface area contributed by atoms with Gasteiger partial charge in [-0.25, -0.2) is 0 Å². The summed E-state index contributed by atoms with van der Waals surface area (Å²) in [5.74, 6) is 0.282. The van der Waals surface area contributed by atoms with Crippen LogP contribution in [-0.2, 0) is 14.3 Å². The molecule has 0 bridgehead atoms. The van der Waals surface area contributed by atoms with E-state index in [4.69, 9.17) is 9.47 Å². The normalized spacial score (nSPS) is 30.3. The molecule has 0 spiro atoms. The van der Waals surface area contributed by atoms with E-state index in [-0.39, 0.29) is 17.3 Å². The molecule has 3 nitrogen and oxygen atoms in total. The molecule has 0 heterocycles. The molecule has 2 atom stereocenters. The van der Waals surface area contributed by atoms with Crippen molar-refractivity contribution in [2.24, 2.45) is 5.41 Å². The van der Waals surface area contributed by atoms with Crippen LogP contribution in [0.3, 0.4) is 0 Å². The van der Waals surface area contributed by atoms with Crippen molar-refractivity contribution < 1.29 is 14.3 Å². The zero-order chi connectivity index (χ0) is 14.8. The average molecular weight is 296 g/mol. The van der Waals surface area contributed by atoms with Gasteiger partial charge in [-0.1, -0.05) is 32.1 Å². The molecule has 0 saturated heterocycles. The van der Waals surface area contributed by atoms with Crippen molar-refractivity contribution in [3.8, 4) is 0 Å². The fourth-order valence-corrected chi connectivity index (χ4v) is 3.90. The maximum absolute atomic E-state index is 11.5. The van der Waals surface area contributed by atoms with Gasteiger partial charge in [-0.2, -0.15) is 0 Å². The highest BCUT2D eigenvalue weighted by Gasteiger charge is 2.45. The number of ketones is 1. The summed E-state index contributed by atoms with van der Waals surface area (Å²) in [5.41, 5.74) is 1.36. The SMILES string of the molecule is C[C@]12CCC(=O)C=C1CC[C@@H]2OCOCC[Si](C)(C)C. The molecule has 0 N–H and O–H groups in total. The third-order valence-corrected chi connectivity index (χ3v) is 6.40. The Morgan fingerprint density at radius 2 is 2.10 bits per heavy atom. The Labute approximate surface area is 123 Å². The second-order valence-electron chi connectivity index (χ2n) is 7.58. The summed E-state index contributed by atoms with van der Waals surface area (Å²) in [6.45, 7) is 10.5. The molecule has 2 aliphatic carbocycles. The second kappa shape index (κ2) is 6.12. The smallest absolute Gasteiger partial charge is 0.155 e. The van der Waals surface area contributed by atoms with Gasteiger partial charge in [-0.05, 0) is 31.4 Å². The van der Waals surface area contributed by atoms with Crippen molar-refractivity contribution in [2.75, 3.05) is 13.4 Å². The maximum Gasteiger partial charge on any atom is 0.155 e. The Bertz CT molecular complexity index is 397. The molecule has 0 amide bonds. The molecule has 0 unspecified atom stereocenters. The first-order valence-electron chi connectivity index (χ1n) is 7.74. The molecule has 2 rings (SSSR count). The van der Waals surface area contributed by atoms with Crippen LogP contribution in [0.15, 0.2) is 11.6 Å². The molecule has 114 valence electrons. The Kier molecular flexibility index (Phi) is 4.87. The minimum atomic E-state index is -1.02. The Balaban J connectivity index is 1.77. The molecule has 4 heteroatoms. The van der Waals surface area contributed by atoms with Gasteiger partial charge in [-0.15, -0.1) is 0 Å². The summed E-state index contributed by atoms with van der Waals surface area (Å²) >= 11 is 0. The molecule has 0 aromatic carbocycles. The number of hydrogen-bond donors (Lipinski definition) is 0. The lowest BCUT2D eigenvalue weighted by Gasteiger charge is -2.35. The zero-order valence-electron chi connectivity index (χ0n) is 13.3. The first-order valence-corrected chi connectivity index (χ1v) is 11.5. The molecule has 1 fully saturated rings. The number of hydrogen-bond acceptors (Lipinski definition) is 3. The van der Waals surface area contributed by atoms with Crippen molar-refractivity contribution in [1.82, 2.24) is 0 Å². The number of carbonyl (C=O) groups is 1. The number of carbonyl (C=O) groups excluding carboxylic acids is 1. The highest BCUT2D eigenvalue weighted by atomic mass is 28.3. The van der Waals surface area contributed by atoms with Crippen LogP contribution in [0.25, 0.3) is 0 Å². The van der Waals surface area contributed by atoms with Crippen molar-refractivity contribution in [3.05, 3.63) is 11.6 Å². The molecule has 20 heavy (non-hydrogen) atoms. The van der Waals surface area contributed by atoms with E-state index in [1.807, 2.05) is 6.08 Å². The van der Waals surface area contributed by atoms with Crippen LogP contribution >= 0.6 is 0 Å². The van der Waals surface area contributed by atoms with E-state index in [1.54, 1.807) is 0 Å². The lowest BCUT2D eigenvalue weighted by molar-refractivity contribution is -0.121. The quantitative estimate of drug-likeness (QED) is 0.425. The van der Waals surface area contributed by atoms with Crippen LogP contribution in [0.5, 0.6) is 0 Å². The summed E-state index contributed by atoms with van der Waals surface area (Å²) in [4.78, 5) is 11.5. The molecule has 2 aliphatic rings. The minimum Gasteiger partial charge on any atom is -0.356 e. The number of allylic oxidation sites excluding steroid dienone is 1. The van der Waals surface area contributed by atoms with Gasteiger partial charge in [0, 0.05) is 26.5 Å². The fraction of sp³-hybridized carbons (Fsp3) is 0.812. The topological polar surface area (TPSA) is 35.5 Å². The van der Waals surface area contributed by atoms with Crippen molar-refractivity contribution >= 4 is 13.9 Å². The van der Waals surface area contributed by atoms with Gasteiger partial charge in [0.15, 0.2) is 5.78 Å². The van der Waals surface area contributed by atoms with Crippen molar-refractivity contribution in [2.45, 2.75) is 64.4 Å². The van der Waals surface area contributed by atoms with Gasteiger partial charge in [0.1, 0.15) is 6.79 Å². The standard InChI is InChI=1S/C16H28O3Si/c1-16-8-7-14(17)11-13(16)5-6-15(16)19-12-18-9-10-20(2,3)4/h11,15H,5-10,12H2,1-4H3/t15-,16-/m0/s1. The summed E-state index contributed by atoms with van der Waals surface area (Å²) in [7, 11) is -1.02. The van der Waals surface area contributed by atoms with Crippen LogP contribution in [0.2, 0.25) is 25.7 Å². The van der Waals surface area contributed by atoms with E-state index < -0.39 is 8.07 Å². The first-order chi connectivity index (χ1) is 9.31. The maximum atomic E-state index is 11.5. The number of rotatable bonds is 6. The molecule has 0 radical (unpaired) electrons. The fourth-order valence-electron chi connectivity index (χ4n) is 3.14. The highest BCUT2D eigenvalue weighted by Crippen LogP contribution is 2.49. The van der Waals surface area contributed by atoms with Crippen LogP contribution in [0.1, 0.15) is 32.6 Å². The summed E-state index contributed by atoms with van der Waals surface area (Å²) < 4.78 is 11.6. The highest BCUT2D eigenvalue weighted by molar-refractivity contribution is 6.76. The van der Waals surface area contributed by atoms with Gasteiger partial charge in [0.05, 0.1) is 6.10 Å². The van der Waals surface area contributed by atoms with E-state index in [0.717, 1.165) is 25.9 Å². The Morgan fingerprint density at radius 3 is 2.80 bits per heavy atom. The van der Waals surface area contributed by atoms with E-state index in [9.17, 15) is 4.79 Å². The average Bonchev–Trinajstić information content (AvgIpc) is 2.65. The zero-order valence-corrected chi connectivity index (χ0v) is 14.3. The number of ether oxygens (including phenoxy) is 2. The Morgan fingerprint density at radius 1 is 1.35 bits per heavy atom. The molecular weight excluding hydrogens is 268 g/mol. The molecular formula is C16H28O3Si. The summed E-state index contributed by atoms with van der Waals surface area (Å²) in [6, 6.07) is 1.18. The largest absolute Gasteiger partial charge is 0.356 e. The first kappa shape index (κ1) is 15.9. The van der Waals surface area contributed by atoms with Crippen LogP contribution in [0, 0.1) is 5.41 Å². The van der Waals surface area contributed by atoms with Crippen molar-refractivity contribution in [3.63, 3.8) is 0 Å². The van der Waals surface area contributed by atoms with Gasteiger partial charge in [0.25, 0.3) is 0 Å². The minimum absolute atomic E-state index is 0.0655. The lowest BCUT2D eigenvalue weighted by Crippen LogP contribution is -2.34. The van der Waals surface area contributed by atoms with Crippen LogP contribution in [0.4, 0.5) is 0 Å². The lowest BCUT2D eigenvalue weighted by atomic mass is 9.74. The molecule has 0 aromatic heterocycles. The monoisotopic (exact) mass is 296 g/mol. The van der Waals surface area contributed by atoms with E-state index in [1.165, 1.54) is 11.6 Å². The number of fused-ring (bicyclic) bond motifs is 1. The molecule has 0 aromatic rings. The predicted octanol–water partition coefficient (Wildman–Crippen LogP) is 3.77. The van der Waals surface area contributed by atoms with Crippen LogP contribution < -0.4 is 0 Å². The summed E-state index contributed by atoms with van der Waals surface area (Å²) in [6.07, 6.45) is 5.69. The predicted molar refractivity (Wildman–Crippen MR) is 83.5 cm³/mol. The van der Waals surface area contributed by atoms with Gasteiger partial charge >= 0.3 is 0 Å². The third-order valence-electron chi connectivity index (χ3n) is 4.69. The van der Waals surface area contributed by atoms with E-state index in [2.05, 4.69) is 26.6 Å². The third kappa shape index (κ3) is 3.80. The van der Waals surface area contributed by atoms with Gasteiger partial charge in [0.2, 0.25) is 0 Å². The Hall–Kier alpha value is -0.453. The van der Waals surface area contributed by atoms with Gasteiger partial charge in [-0.3, -0.25) is 4.79 Å². The summed E-state index contributed by atoms with van der Waals surface area (Å²) in [5, 5.41) is 0.